The standard InChI is InChI=1S/C18H27N3O/c1-13(2)11-18(22)12-20-14(3)16-5-7-17(8-6-16)21-10-9-19-15(21)4/h5-10,13-14,18,20,22H,11-12H2,1-4H3. The average molecular weight is 301 g/mol. The van der Waals surface area contributed by atoms with Gasteiger partial charge in [0.15, 0.2) is 0 Å². The Hall–Kier alpha value is -1.65. The lowest BCUT2D eigenvalue weighted by atomic mass is 10.0. The van der Waals surface area contributed by atoms with Gasteiger partial charge < -0.3 is 15.0 Å². The summed E-state index contributed by atoms with van der Waals surface area (Å²) in [6.45, 7) is 9.00. The minimum Gasteiger partial charge on any atom is -0.392 e. The molecule has 2 rings (SSSR count). The van der Waals surface area contributed by atoms with Crippen LogP contribution in [0.3, 0.4) is 0 Å². The Morgan fingerprint density at radius 3 is 2.41 bits per heavy atom. The Kier molecular flexibility index (Phi) is 5.75. The van der Waals surface area contributed by atoms with Gasteiger partial charge in [-0.15, -0.1) is 0 Å². The predicted molar refractivity (Wildman–Crippen MR) is 90.2 cm³/mol. The minimum absolute atomic E-state index is 0.222. The summed E-state index contributed by atoms with van der Waals surface area (Å²) in [4.78, 5) is 4.25. The summed E-state index contributed by atoms with van der Waals surface area (Å²) in [5, 5.41) is 13.3. The van der Waals surface area contributed by atoms with Crippen LogP contribution in [0.15, 0.2) is 36.7 Å². The molecule has 0 aliphatic heterocycles. The fourth-order valence-electron chi connectivity index (χ4n) is 2.63. The maximum absolute atomic E-state index is 9.94. The van der Waals surface area contributed by atoms with Gasteiger partial charge in [0.1, 0.15) is 5.82 Å². The van der Waals surface area contributed by atoms with Crippen molar-refractivity contribution in [2.24, 2.45) is 5.92 Å². The van der Waals surface area contributed by atoms with Crippen molar-refractivity contribution in [2.75, 3.05) is 6.54 Å². The summed E-state index contributed by atoms with van der Waals surface area (Å²) in [7, 11) is 0. The first kappa shape index (κ1) is 16.7. The van der Waals surface area contributed by atoms with Crippen molar-refractivity contribution >= 4 is 0 Å². The van der Waals surface area contributed by atoms with E-state index in [2.05, 4.69) is 59.9 Å². The minimum atomic E-state index is -0.282. The van der Waals surface area contributed by atoms with E-state index in [0.29, 0.717) is 12.5 Å². The summed E-state index contributed by atoms with van der Waals surface area (Å²) in [5.74, 6) is 1.50. The van der Waals surface area contributed by atoms with E-state index in [4.69, 9.17) is 0 Å². The largest absolute Gasteiger partial charge is 0.392 e. The van der Waals surface area contributed by atoms with Crippen molar-refractivity contribution in [3.8, 4) is 5.69 Å². The van der Waals surface area contributed by atoms with Crippen LogP contribution in [0.25, 0.3) is 5.69 Å². The van der Waals surface area contributed by atoms with Gasteiger partial charge in [-0.3, -0.25) is 0 Å². The Morgan fingerprint density at radius 2 is 1.86 bits per heavy atom. The van der Waals surface area contributed by atoms with E-state index >= 15 is 0 Å². The number of aliphatic hydroxyl groups is 1. The van der Waals surface area contributed by atoms with Crippen LogP contribution in [-0.4, -0.2) is 27.3 Å². The first-order valence-corrected chi connectivity index (χ1v) is 7.99. The molecule has 4 nitrogen and oxygen atoms in total. The second kappa shape index (κ2) is 7.56. The average Bonchev–Trinajstić information content (AvgIpc) is 2.90. The zero-order valence-corrected chi connectivity index (χ0v) is 14.0. The van der Waals surface area contributed by atoms with Crippen molar-refractivity contribution in [1.82, 2.24) is 14.9 Å². The van der Waals surface area contributed by atoms with E-state index < -0.39 is 0 Å². The lowest BCUT2D eigenvalue weighted by Gasteiger charge is -2.19. The molecule has 1 heterocycles. The van der Waals surface area contributed by atoms with Gasteiger partial charge in [-0.05, 0) is 43.9 Å². The summed E-state index contributed by atoms with van der Waals surface area (Å²) in [6.07, 6.45) is 4.33. The van der Waals surface area contributed by atoms with E-state index in [9.17, 15) is 5.11 Å². The van der Waals surface area contributed by atoms with Crippen LogP contribution in [0, 0.1) is 12.8 Å². The third-order valence-corrected chi connectivity index (χ3v) is 3.90. The van der Waals surface area contributed by atoms with Gasteiger partial charge >= 0.3 is 0 Å². The van der Waals surface area contributed by atoms with Crippen LogP contribution in [-0.2, 0) is 0 Å². The molecule has 2 N–H and O–H groups in total. The number of nitrogens with zero attached hydrogens (tertiary/aromatic N) is 2. The van der Waals surface area contributed by atoms with Crippen LogP contribution >= 0.6 is 0 Å². The van der Waals surface area contributed by atoms with E-state index in [1.165, 1.54) is 5.56 Å². The third-order valence-electron chi connectivity index (χ3n) is 3.90. The number of hydrogen-bond acceptors (Lipinski definition) is 3. The maximum atomic E-state index is 9.94. The van der Waals surface area contributed by atoms with Gasteiger partial charge in [0.2, 0.25) is 0 Å². The van der Waals surface area contributed by atoms with Gasteiger partial charge in [-0.2, -0.15) is 0 Å². The molecule has 0 saturated carbocycles. The van der Waals surface area contributed by atoms with Crippen molar-refractivity contribution in [3.05, 3.63) is 48.0 Å². The molecule has 0 bridgehead atoms. The molecule has 0 spiro atoms. The molecule has 0 fully saturated rings. The number of aliphatic hydroxyl groups excluding tert-OH is 1. The Labute approximate surface area is 133 Å². The molecular formula is C18H27N3O. The third kappa shape index (κ3) is 4.42. The van der Waals surface area contributed by atoms with Crippen molar-refractivity contribution < 1.29 is 5.11 Å². The number of benzene rings is 1. The molecule has 120 valence electrons. The van der Waals surface area contributed by atoms with Crippen molar-refractivity contribution in [2.45, 2.75) is 46.3 Å². The highest BCUT2D eigenvalue weighted by molar-refractivity contribution is 5.36. The fraction of sp³-hybridized carbons (Fsp3) is 0.500. The highest BCUT2D eigenvalue weighted by atomic mass is 16.3. The molecule has 2 atom stereocenters. The van der Waals surface area contributed by atoms with Crippen LogP contribution in [0.4, 0.5) is 0 Å². The Bertz CT molecular complexity index is 574. The van der Waals surface area contributed by atoms with Gasteiger partial charge in [0.25, 0.3) is 0 Å². The first-order chi connectivity index (χ1) is 10.5. The van der Waals surface area contributed by atoms with Gasteiger partial charge in [0, 0.05) is 30.7 Å². The molecule has 0 radical (unpaired) electrons. The molecule has 22 heavy (non-hydrogen) atoms. The first-order valence-electron chi connectivity index (χ1n) is 7.99. The summed E-state index contributed by atoms with van der Waals surface area (Å²) < 4.78 is 2.06. The summed E-state index contributed by atoms with van der Waals surface area (Å²) in [6, 6.07) is 8.68. The fourth-order valence-corrected chi connectivity index (χ4v) is 2.63. The second-order valence-corrected chi connectivity index (χ2v) is 6.35. The van der Waals surface area contributed by atoms with Crippen LogP contribution in [0.5, 0.6) is 0 Å². The summed E-state index contributed by atoms with van der Waals surface area (Å²) >= 11 is 0. The van der Waals surface area contributed by atoms with Crippen LogP contribution in [0.2, 0.25) is 0 Å². The molecule has 4 heteroatoms. The topological polar surface area (TPSA) is 50.1 Å². The molecule has 0 saturated heterocycles. The molecule has 0 aliphatic rings. The Morgan fingerprint density at radius 1 is 1.18 bits per heavy atom. The van der Waals surface area contributed by atoms with Crippen molar-refractivity contribution in [1.29, 1.82) is 0 Å². The molecule has 2 unspecified atom stereocenters. The second-order valence-electron chi connectivity index (χ2n) is 6.35. The molecule has 2 aromatic rings. The lowest BCUT2D eigenvalue weighted by molar-refractivity contribution is 0.143. The zero-order valence-electron chi connectivity index (χ0n) is 14.0. The predicted octanol–water partition coefficient (Wildman–Crippen LogP) is 3.24. The highest BCUT2D eigenvalue weighted by Gasteiger charge is 2.10. The molecular weight excluding hydrogens is 274 g/mol. The Balaban J connectivity index is 1.94. The highest BCUT2D eigenvalue weighted by Crippen LogP contribution is 2.17. The van der Waals surface area contributed by atoms with Gasteiger partial charge in [0.05, 0.1) is 6.10 Å². The zero-order chi connectivity index (χ0) is 16.1. The monoisotopic (exact) mass is 301 g/mol. The number of rotatable bonds is 7. The van der Waals surface area contributed by atoms with Crippen LogP contribution < -0.4 is 5.32 Å². The quantitative estimate of drug-likeness (QED) is 0.825. The van der Waals surface area contributed by atoms with Crippen molar-refractivity contribution in [3.63, 3.8) is 0 Å². The van der Waals surface area contributed by atoms with Gasteiger partial charge in [-0.25, -0.2) is 4.98 Å². The molecule has 0 aliphatic carbocycles. The maximum Gasteiger partial charge on any atom is 0.110 e. The molecule has 0 amide bonds. The molecule has 1 aromatic heterocycles. The van der Waals surface area contributed by atoms with E-state index in [1.54, 1.807) is 0 Å². The van der Waals surface area contributed by atoms with E-state index in [-0.39, 0.29) is 12.1 Å². The van der Waals surface area contributed by atoms with Gasteiger partial charge in [-0.1, -0.05) is 26.0 Å². The number of aryl methyl sites for hydroxylation is 1. The number of nitrogens with one attached hydrogen (secondary N) is 1. The lowest BCUT2D eigenvalue weighted by Crippen LogP contribution is -2.30. The summed E-state index contributed by atoms with van der Waals surface area (Å²) in [5.41, 5.74) is 2.34. The SMILES string of the molecule is Cc1nccn1-c1ccc(C(C)NCC(O)CC(C)C)cc1. The number of aromatic nitrogens is 2. The van der Waals surface area contributed by atoms with Crippen LogP contribution in [0.1, 0.15) is 44.6 Å². The normalized spacial score (nSPS) is 14.3. The number of hydrogen-bond donors (Lipinski definition) is 2. The van der Waals surface area contributed by atoms with E-state index in [1.807, 2.05) is 19.3 Å². The smallest absolute Gasteiger partial charge is 0.110 e. The number of imidazole rings is 1. The molecule has 1 aromatic carbocycles. The van der Waals surface area contributed by atoms with E-state index in [0.717, 1.165) is 17.9 Å².